The highest BCUT2D eigenvalue weighted by atomic mass is 32.1. The van der Waals surface area contributed by atoms with Crippen molar-refractivity contribution in [3.63, 3.8) is 0 Å². The zero-order valence-corrected chi connectivity index (χ0v) is 11.8. The number of benzene rings is 1. The number of nitrogens with two attached hydrogens (primary N) is 1. The minimum atomic E-state index is 0.259. The molecule has 1 aromatic heterocycles. The van der Waals surface area contributed by atoms with Crippen LogP contribution in [-0.2, 0) is 0 Å². The fourth-order valence-corrected chi connectivity index (χ4v) is 2.15. The standard InChI is InChI=1S/C14H16N4S/c1-3-18(11-7-5-4-6-10(11)2)14-12(13(15)19)16-8-9-17-14/h4-9H,3H2,1-2H3,(H2,15,19). The van der Waals surface area contributed by atoms with Gasteiger partial charge in [-0.05, 0) is 25.5 Å². The molecular formula is C14H16N4S. The van der Waals surface area contributed by atoms with Gasteiger partial charge in [0.25, 0.3) is 0 Å². The van der Waals surface area contributed by atoms with Crippen LogP contribution >= 0.6 is 12.2 Å². The van der Waals surface area contributed by atoms with Crippen LogP contribution in [0.25, 0.3) is 0 Å². The van der Waals surface area contributed by atoms with Gasteiger partial charge in [0.05, 0.1) is 0 Å². The van der Waals surface area contributed by atoms with Gasteiger partial charge < -0.3 is 10.6 Å². The number of hydrogen-bond donors (Lipinski definition) is 1. The van der Waals surface area contributed by atoms with E-state index in [1.807, 2.05) is 12.1 Å². The molecule has 0 saturated carbocycles. The van der Waals surface area contributed by atoms with Crippen LogP contribution in [0.2, 0.25) is 0 Å². The molecule has 0 fully saturated rings. The van der Waals surface area contributed by atoms with Gasteiger partial charge in [0.2, 0.25) is 0 Å². The van der Waals surface area contributed by atoms with E-state index < -0.39 is 0 Å². The van der Waals surface area contributed by atoms with Crippen LogP contribution in [0.15, 0.2) is 36.7 Å². The molecular weight excluding hydrogens is 256 g/mol. The Labute approximate surface area is 118 Å². The Hall–Kier alpha value is -2.01. The van der Waals surface area contributed by atoms with E-state index in [0.29, 0.717) is 11.5 Å². The number of aromatic nitrogens is 2. The smallest absolute Gasteiger partial charge is 0.162 e. The number of thiocarbonyl (C=S) groups is 1. The molecule has 4 nitrogen and oxygen atoms in total. The number of anilines is 2. The fourth-order valence-electron chi connectivity index (χ4n) is 2.00. The van der Waals surface area contributed by atoms with E-state index >= 15 is 0 Å². The van der Waals surface area contributed by atoms with Crippen molar-refractivity contribution in [2.45, 2.75) is 13.8 Å². The summed E-state index contributed by atoms with van der Waals surface area (Å²) in [6.07, 6.45) is 3.25. The minimum Gasteiger partial charge on any atom is -0.388 e. The van der Waals surface area contributed by atoms with Crippen molar-refractivity contribution in [1.29, 1.82) is 0 Å². The Morgan fingerprint density at radius 3 is 2.58 bits per heavy atom. The minimum absolute atomic E-state index is 0.259. The summed E-state index contributed by atoms with van der Waals surface area (Å²) in [7, 11) is 0. The highest BCUT2D eigenvalue weighted by Crippen LogP contribution is 2.27. The number of aryl methyl sites for hydroxylation is 1. The summed E-state index contributed by atoms with van der Waals surface area (Å²) in [5.74, 6) is 0.701. The molecule has 0 saturated heterocycles. The van der Waals surface area contributed by atoms with Crippen LogP contribution in [0.5, 0.6) is 0 Å². The zero-order valence-electron chi connectivity index (χ0n) is 11.0. The Kier molecular flexibility index (Phi) is 4.06. The maximum Gasteiger partial charge on any atom is 0.162 e. The van der Waals surface area contributed by atoms with Gasteiger partial charge in [0.15, 0.2) is 5.82 Å². The first-order chi connectivity index (χ1) is 9.15. The highest BCUT2D eigenvalue weighted by molar-refractivity contribution is 7.80. The van der Waals surface area contributed by atoms with Crippen LogP contribution in [0.1, 0.15) is 18.2 Å². The normalized spacial score (nSPS) is 10.2. The molecule has 0 amide bonds. The largest absolute Gasteiger partial charge is 0.388 e. The summed E-state index contributed by atoms with van der Waals surface area (Å²) in [6, 6.07) is 8.13. The maximum absolute atomic E-state index is 5.73. The first kappa shape index (κ1) is 13.4. The van der Waals surface area contributed by atoms with Gasteiger partial charge in [-0.2, -0.15) is 0 Å². The van der Waals surface area contributed by atoms with Crippen molar-refractivity contribution >= 4 is 28.7 Å². The summed E-state index contributed by atoms with van der Waals surface area (Å²) in [4.78, 5) is 10.9. The molecule has 0 spiro atoms. The molecule has 2 N–H and O–H groups in total. The SMILES string of the molecule is CCN(c1ccccc1C)c1nccnc1C(N)=S. The molecule has 19 heavy (non-hydrogen) atoms. The lowest BCUT2D eigenvalue weighted by Crippen LogP contribution is -2.24. The molecule has 5 heteroatoms. The summed E-state index contributed by atoms with van der Waals surface area (Å²) in [6.45, 7) is 4.89. The van der Waals surface area contributed by atoms with Crippen molar-refractivity contribution in [3.05, 3.63) is 47.9 Å². The second-order valence-corrected chi connectivity index (χ2v) is 4.56. The topological polar surface area (TPSA) is 55.0 Å². The summed E-state index contributed by atoms with van der Waals surface area (Å²) in [5.41, 5.74) is 8.54. The number of rotatable bonds is 4. The number of nitrogens with zero attached hydrogens (tertiary/aromatic N) is 3. The molecule has 98 valence electrons. The van der Waals surface area contributed by atoms with Crippen molar-refractivity contribution < 1.29 is 0 Å². The second kappa shape index (κ2) is 5.75. The van der Waals surface area contributed by atoms with Gasteiger partial charge in [-0.3, -0.25) is 0 Å². The molecule has 0 aliphatic carbocycles. The van der Waals surface area contributed by atoms with Crippen LogP contribution in [0, 0.1) is 6.92 Å². The lowest BCUT2D eigenvalue weighted by atomic mass is 10.1. The van der Waals surface area contributed by atoms with Crippen molar-refractivity contribution in [1.82, 2.24) is 9.97 Å². The van der Waals surface area contributed by atoms with Crippen molar-refractivity contribution in [3.8, 4) is 0 Å². The molecule has 2 rings (SSSR count). The predicted octanol–water partition coefficient (Wildman–Crippen LogP) is 2.58. The van der Waals surface area contributed by atoms with Crippen molar-refractivity contribution in [2.75, 3.05) is 11.4 Å². The van der Waals surface area contributed by atoms with Gasteiger partial charge in [-0.25, -0.2) is 9.97 Å². The molecule has 0 aliphatic rings. The van der Waals surface area contributed by atoms with Crippen LogP contribution in [0.3, 0.4) is 0 Å². The second-order valence-electron chi connectivity index (χ2n) is 4.12. The third kappa shape index (κ3) is 2.71. The number of para-hydroxylation sites is 1. The fraction of sp³-hybridized carbons (Fsp3) is 0.214. The Morgan fingerprint density at radius 2 is 1.95 bits per heavy atom. The lowest BCUT2D eigenvalue weighted by Gasteiger charge is -2.25. The lowest BCUT2D eigenvalue weighted by molar-refractivity contribution is 0.965. The average Bonchev–Trinajstić information content (AvgIpc) is 2.42. The molecule has 0 atom stereocenters. The first-order valence-electron chi connectivity index (χ1n) is 6.09. The molecule has 0 bridgehead atoms. The van der Waals surface area contributed by atoms with Gasteiger partial charge in [-0.15, -0.1) is 0 Å². The third-order valence-corrected chi connectivity index (χ3v) is 3.08. The van der Waals surface area contributed by atoms with Crippen molar-refractivity contribution in [2.24, 2.45) is 5.73 Å². The molecule has 2 aromatic rings. The zero-order chi connectivity index (χ0) is 13.8. The van der Waals surface area contributed by atoms with E-state index in [2.05, 4.69) is 40.8 Å². The van der Waals surface area contributed by atoms with Crippen LogP contribution < -0.4 is 10.6 Å². The molecule has 0 unspecified atom stereocenters. The summed E-state index contributed by atoms with van der Waals surface area (Å²) in [5, 5.41) is 0. The molecule has 0 aliphatic heterocycles. The average molecular weight is 272 g/mol. The third-order valence-electron chi connectivity index (χ3n) is 2.89. The van der Waals surface area contributed by atoms with E-state index in [4.69, 9.17) is 18.0 Å². The Morgan fingerprint density at radius 1 is 1.26 bits per heavy atom. The van der Waals surface area contributed by atoms with E-state index in [1.165, 1.54) is 5.56 Å². The van der Waals surface area contributed by atoms with E-state index in [9.17, 15) is 0 Å². The molecule has 1 aromatic carbocycles. The first-order valence-corrected chi connectivity index (χ1v) is 6.50. The maximum atomic E-state index is 5.73. The van der Waals surface area contributed by atoms with Gasteiger partial charge in [0.1, 0.15) is 10.7 Å². The Bertz CT molecular complexity index is 598. The summed E-state index contributed by atoms with van der Waals surface area (Å²) < 4.78 is 0. The van der Waals surface area contributed by atoms with Gasteiger partial charge >= 0.3 is 0 Å². The highest BCUT2D eigenvalue weighted by Gasteiger charge is 2.16. The van der Waals surface area contributed by atoms with Gasteiger partial charge in [0, 0.05) is 24.6 Å². The van der Waals surface area contributed by atoms with Crippen LogP contribution in [0.4, 0.5) is 11.5 Å². The van der Waals surface area contributed by atoms with E-state index in [1.54, 1.807) is 12.4 Å². The number of hydrogen-bond acceptors (Lipinski definition) is 4. The van der Waals surface area contributed by atoms with Gasteiger partial charge in [-0.1, -0.05) is 30.4 Å². The molecule has 0 radical (unpaired) electrons. The predicted molar refractivity (Wildman–Crippen MR) is 81.8 cm³/mol. The summed E-state index contributed by atoms with van der Waals surface area (Å²) >= 11 is 5.05. The van der Waals surface area contributed by atoms with E-state index in [-0.39, 0.29) is 4.99 Å². The quantitative estimate of drug-likeness (QED) is 0.867. The molecule has 1 heterocycles. The Balaban J connectivity index is 2.55. The van der Waals surface area contributed by atoms with E-state index in [0.717, 1.165) is 12.2 Å². The van der Waals surface area contributed by atoms with Crippen LogP contribution in [-0.4, -0.2) is 21.5 Å². The monoisotopic (exact) mass is 272 g/mol.